The molecular weight excluding hydrogens is 381 g/mol. The van der Waals surface area contributed by atoms with Crippen molar-refractivity contribution in [3.63, 3.8) is 0 Å². The van der Waals surface area contributed by atoms with Crippen LogP contribution in [-0.2, 0) is 13.0 Å². The molecule has 0 aliphatic carbocycles. The minimum Gasteiger partial charge on any atom is -0.370 e. The highest BCUT2D eigenvalue weighted by molar-refractivity contribution is 6.31. The molecule has 0 unspecified atom stereocenters. The summed E-state index contributed by atoms with van der Waals surface area (Å²) in [4.78, 5) is 16.9. The molecular formula is C18H18ClF3N4O. The highest BCUT2D eigenvalue weighted by atomic mass is 35.5. The number of guanidine groups is 1. The smallest absolute Gasteiger partial charge is 0.347 e. The SMILES string of the molecule is C.NC(N)=NC(=O)N1CCc2c(Cl)ccc(-c3c(F)cc(F)cc3F)c2C1. The van der Waals surface area contributed by atoms with Crippen molar-refractivity contribution in [2.45, 2.75) is 20.4 Å². The summed E-state index contributed by atoms with van der Waals surface area (Å²) in [6.07, 6.45) is 0.359. The number of urea groups is 1. The Morgan fingerprint density at radius 3 is 2.33 bits per heavy atom. The minimum atomic E-state index is -1.04. The minimum absolute atomic E-state index is 0. The van der Waals surface area contributed by atoms with E-state index in [1.54, 1.807) is 0 Å². The van der Waals surface area contributed by atoms with Crippen LogP contribution in [0.5, 0.6) is 0 Å². The molecule has 2 aromatic carbocycles. The number of rotatable bonds is 1. The van der Waals surface area contributed by atoms with E-state index >= 15 is 0 Å². The van der Waals surface area contributed by atoms with E-state index in [4.69, 9.17) is 23.1 Å². The van der Waals surface area contributed by atoms with Gasteiger partial charge < -0.3 is 16.4 Å². The molecule has 1 aliphatic heterocycles. The van der Waals surface area contributed by atoms with Crippen LogP contribution >= 0.6 is 11.6 Å². The average molecular weight is 399 g/mol. The van der Waals surface area contributed by atoms with Gasteiger partial charge in [0.2, 0.25) is 0 Å². The molecule has 5 nitrogen and oxygen atoms in total. The van der Waals surface area contributed by atoms with Crippen molar-refractivity contribution in [2.24, 2.45) is 16.5 Å². The maximum absolute atomic E-state index is 14.2. The molecule has 144 valence electrons. The van der Waals surface area contributed by atoms with Crippen molar-refractivity contribution in [3.05, 3.63) is 57.9 Å². The number of fused-ring (bicyclic) bond motifs is 1. The summed E-state index contributed by atoms with van der Waals surface area (Å²) in [6.45, 7) is 0.303. The van der Waals surface area contributed by atoms with E-state index in [2.05, 4.69) is 4.99 Å². The largest absolute Gasteiger partial charge is 0.370 e. The van der Waals surface area contributed by atoms with Crippen LogP contribution in [0.2, 0.25) is 5.02 Å². The van der Waals surface area contributed by atoms with Crippen LogP contribution in [0.25, 0.3) is 11.1 Å². The van der Waals surface area contributed by atoms with Crippen molar-refractivity contribution < 1.29 is 18.0 Å². The summed E-state index contributed by atoms with van der Waals surface area (Å²) >= 11 is 6.20. The molecule has 0 fully saturated rings. The van der Waals surface area contributed by atoms with Gasteiger partial charge in [0.25, 0.3) is 0 Å². The molecule has 0 spiro atoms. The summed E-state index contributed by atoms with van der Waals surface area (Å²) in [6, 6.07) is 3.50. The Balaban J connectivity index is 0.00000261. The van der Waals surface area contributed by atoms with Crippen LogP contribution in [0.15, 0.2) is 29.3 Å². The Morgan fingerprint density at radius 2 is 1.74 bits per heavy atom. The van der Waals surface area contributed by atoms with Crippen LogP contribution in [-0.4, -0.2) is 23.4 Å². The van der Waals surface area contributed by atoms with Crippen molar-refractivity contribution in [3.8, 4) is 11.1 Å². The summed E-state index contributed by atoms with van der Waals surface area (Å²) in [5.74, 6) is -3.49. The number of aliphatic imine (C=N–C) groups is 1. The number of nitrogens with two attached hydrogens (primary N) is 2. The molecule has 2 aromatic rings. The highest BCUT2D eigenvalue weighted by Gasteiger charge is 2.27. The lowest BCUT2D eigenvalue weighted by Crippen LogP contribution is -2.36. The molecule has 2 amide bonds. The maximum Gasteiger partial charge on any atom is 0.347 e. The quantitative estimate of drug-likeness (QED) is 0.565. The molecule has 1 aliphatic rings. The first-order valence-electron chi connectivity index (χ1n) is 7.61. The lowest BCUT2D eigenvalue weighted by Gasteiger charge is -2.30. The third-order valence-corrected chi connectivity index (χ3v) is 4.48. The number of halogens is 4. The van der Waals surface area contributed by atoms with Crippen molar-refractivity contribution >= 4 is 23.6 Å². The van der Waals surface area contributed by atoms with E-state index in [9.17, 15) is 18.0 Å². The van der Waals surface area contributed by atoms with E-state index in [0.717, 1.165) is 0 Å². The van der Waals surface area contributed by atoms with Crippen LogP contribution in [0, 0.1) is 17.5 Å². The van der Waals surface area contributed by atoms with Gasteiger partial charge in [-0.1, -0.05) is 25.1 Å². The molecule has 0 bridgehead atoms. The van der Waals surface area contributed by atoms with Gasteiger partial charge >= 0.3 is 6.03 Å². The van der Waals surface area contributed by atoms with Gasteiger partial charge in [0.05, 0.1) is 5.56 Å². The maximum atomic E-state index is 14.2. The molecule has 0 saturated carbocycles. The molecule has 27 heavy (non-hydrogen) atoms. The van der Waals surface area contributed by atoms with Crippen molar-refractivity contribution in [2.75, 3.05) is 6.54 Å². The van der Waals surface area contributed by atoms with Crippen LogP contribution < -0.4 is 11.5 Å². The number of hydrogen-bond acceptors (Lipinski definition) is 1. The van der Waals surface area contributed by atoms with Gasteiger partial charge in [-0.25, -0.2) is 18.0 Å². The van der Waals surface area contributed by atoms with Gasteiger partial charge in [-0.2, -0.15) is 4.99 Å². The third kappa shape index (κ3) is 4.00. The zero-order valence-corrected chi connectivity index (χ0v) is 14.2. The lowest BCUT2D eigenvalue weighted by molar-refractivity contribution is 0.203. The predicted molar refractivity (Wildman–Crippen MR) is 98.8 cm³/mol. The average Bonchev–Trinajstić information content (AvgIpc) is 2.55. The Bertz CT molecular complexity index is 906. The summed E-state index contributed by atoms with van der Waals surface area (Å²) in [7, 11) is 0. The molecule has 9 heteroatoms. The Morgan fingerprint density at radius 1 is 1.11 bits per heavy atom. The Labute approximate surface area is 159 Å². The van der Waals surface area contributed by atoms with Gasteiger partial charge in [-0.3, -0.25) is 0 Å². The molecule has 0 saturated heterocycles. The summed E-state index contributed by atoms with van der Waals surface area (Å²) < 4.78 is 41.7. The molecule has 0 aromatic heterocycles. The van der Waals surface area contributed by atoms with Gasteiger partial charge in [-0.15, -0.1) is 0 Å². The third-order valence-electron chi connectivity index (χ3n) is 4.13. The fraction of sp³-hybridized carbons (Fsp3) is 0.222. The zero-order valence-electron chi connectivity index (χ0n) is 13.4. The molecule has 1 heterocycles. The second-order valence-corrected chi connectivity index (χ2v) is 6.19. The molecule has 0 atom stereocenters. The zero-order chi connectivity index (χ0) is 19.0. The number of hydrogen-bond donors (Lipinski definition) is 2. The number of carbonyl (C=O) groups is 1. The first-order valence-corrected chi connectivity index (χ1v) is 7.99. The van der Waals surface area contributed by atoms with Gasteiger partial charge in [0, 0.05) is 30.2 Å². The van der Waals surface area contributed by atoms with E-state index < -0.39 is 23.5 Å². The molecule has 4 N–H and O–H groups in total. The normalized spacial score (nSPS) is 12.8. The van der Waals surface area contributed by atoms with Crippen LogP contribution in [0.1, 0.15) is 18.6 Å². The van der Waals surface area contributed by atoms with E-state index in [1.807, 2.05) is 0 Å². The standard InChI is InChI=1S/C17H14ClF3N4O.CH4/c18-12-2-1-10(15-13(20)5-8(19)6-14(15)21)11-7-25(4-3-9(11)12)17(26)24-16(22)23;/h1-2,5-6H,3-4,7H2,(H4,22,23,24,26);1H4. The monoisotopic (exact) mass is 398 g/mol. The fourth-order valence-corrected chi connectivity index (χ4v) is 3.28. The second kappa shape index (κ2) is 7.87. The van der Waals surface area contributed by atoms with Gasteiger partial charge in [-0.05, 0) is 29.2 Å². The fourth-order valence-electron chi connectivity index (χ4n) is 3.01. The highest BCUT2D eigenvalue weighted by Crippen LogP contribution is 2.37. The predicted octanol–water partition coefficient (Wildman–Crippen LogP) is 3.81. The lowest BCUT2D eigenvalue weighted by atomic mass is 9.90. The number of nitrogens with zero attached hydrogens (tertiary/aromatic N) is 2. The van der Waals surface area contributed by atoms with E-state index in [0.29, 0.717) is 41.2 Å². The van der Waals surface area contributed by atoms with Crippen LogP contribution in [0.4, 0.5) is 18.0 Å². The Hall–Kier alpha value is -2.74. The first kappa shape index (κ1) is 20.6. The van der Waals surface area contributed by atoms with Gasteiger partial charge in [0.15, 0.2) is 5.96 Å². The summed E-state index contributed by atoms with van der Waals surface area (Å²) in [5.41, 5.74) is 11.4. The number of carbonyl (C=O) groups excluding carboxylic acids is 1. The number of benzene rings is 2. The van der Waals surface area contributed by atoms with E-state index in [-0.39, 0.29) is 31.1 Å². The number of amides is 2. The van der Waals surface area contributed by atoms with Crippen molar-refractivity contribution in [1.82, 2.24) is 4.90 Å². The second-order valence-electron chi connectivity index (χ2n) is 5.79. The van der Waals surface area contributed by atoms with Crippen LogP contribution in [0.3, 0.4) is 0 Å². The van der Waals surface area contributed by atoms with E-state index in [1.165, 1.54) is 17.0 Å². The molecule has 0 radical (unpaired) electrons. The van der Waals surface area contributed by atoms with Crippen molar-refractivity contribution in [1.29, 1.82) is 0 Å². The molecule has 3 rings (SSSR count). The van der Waals surface area contributed by atoms with Gasteiger partial charge in [0.1, 0.15) is 17.5 Å². The Kier molecular flexibility index (Phi) is 6.00. The topological polar surface area (TPSA) is 84.7 Å². The first-order chi connectivity index (χ1) is 12.3. The summed E-state index contributed by atoms with van der Waals surface area (Å²) in [5, 5.41) is 0.417.